The van der Waals surface area contributed by atoms with Crippen LogP contribution in [0.2, 0.25) is 0 Å². The summed E-state index contributed by atoms with van der Waals surface area (Å²) >= 11 is 1.57. The van der Waals surface area contributed by atoms with Gasteiger partial charge < -0.3 is 9.84 Å². The number of fused-ring (bicyclic) bond motifs is 1. The maximum atomic E-state index is 12.1. The first-order valence-corrected chi connectivity index (χ1v) is 9.88. The van der Waals surface area contributed by atoms with Gasteiger partial charge in [-0.05, 0) is 37.3 Å². The van der Waals surface area contributed by atoms with Crippen molar-refractivity contribution in [1.82, 2.24) is 9.38 Å². The van der Waals surface area contributed by atoms with Gasteiger partial charge in [0.2, 0.25) is 0 Å². The molecule has 0 aliphatic rings. The minimum absolute atomic E-state index is 0.0795. The van der Waals surface area contributed by atoms with Gasteiger partial charge in [0, 0.05) is 22.9 Å². The Bertz CT molecular complexity index is 857. The molecule has 1 N–H and O–H groups in total. The van der Waals surface area contributed by atoms with Crippen molar-refractivity contribution < 1.29 is 14.6 Å². The number of carboxylic acid groups (broad SMARTS) is 1. The summed E-state index contributed by atoms with van der Waals surface area (Å²) in [5.74, 6) is 1.10. The summed E-state index contributed by atoms with van der Waals surface area (Å²) in [6, 6.07) is 3.59. The zero-order chi connectivity index (χ0) is 21.7. The molecule has 0 saturated carbocycles. The summed E-state index contributed by atoms with van der Waals surface area (Å²) in [5, 5.41) is 8.99. The molecule has 28 heavy (non-hydrogen) atoms. The van der Waals surface area contributed by atoms with Gasteiger partial charge in [-0.3, -0.25) is 14.0 Å². The highest BCUT2D eigenvalue weighted by Crippen LogP contribution is 2.23. The Morgan fingerprint density at radius 3 is 2.61 bits per heavy atom. The normalized spacial score (nSPS) is 10.5. The monoisotopic (exact) mass is 406 g/mol. The third kappa shape index (κ3) is 8.00. The topological polar surface area (TPSA) is 80.9 Å². The average molecular weight is 407 g/mol. The smallest absolute Gasteiger partial charge is 0.290 e. The van der Waals surface area contributed by atoms with Crippen molar-refractivity contribution in [2.45, 2.75) is 41.5 Å². The second-order valence-electron chi connectivity index (χ2n) is 5.88. The van der Waals surface area contributed by atoms with E-state index in [1.54, 1.807) is 37.1 Å². The number of pyridine rings is 1. The van der Waals surface area contributed by atoms with Crippen molar-refractivity contribution in [3.05, 3.63) is 62.9 Å². The highest BCUT2D eigenvalue weighted by molar-refractivity contribution is 8.05. The third-order valence-corrected chi connectivity index (χ3v) is 4.52. The van der Waals surface area contributed by atoms with E-state index in [2.05, 4.69) is 37.7 Å². The standard InChI is InChI=1S/C18H22N2O2S.C2H6.CH2O2/c1-12(2)14(4)11-23-15(5)10-22-16-7-6-8-20-17(16)19-9-13(3)18(20)21;1-2;2-1-3/h6-9,11-12H,5,10H2,1-4H3;1-2H3;1H,(H,2,3)/b14-11+;;. The number of ether oxygens (including phenoxy) is 1. The lowest BCUT2D eigenvalue weighted by Crippen LogP contribution is -2.17. The molecule has 0 aromatic carbocycles. The zero-order valence-corrected chi connectivity index (χ0v) is 18.2. The zero-order valence-electron chi connectivity index (χ0n) is 17.4. The number of allylic oxidation sites excluding steroid dienone is 1. The fourth-order valence-corrected chi connectivity index (χ4v) is 2.54. The van der Waals surface area contributed by atoms with Gasteiger partial charge in [0.1, 0.15) is 6.61 Å². The second-order valence-corrected chi connectivity index (χ2v) is 6.93. The molecule has 0 amide bonds. The summed E-state index contributed by atoms with van der Waals surface area (Å²) < 4.78 is 7.30. The molecule has 0 spiro atoms. The molecule has 0 radical (unpaired) electrons. The van der Waals surface area contributed by atoms with Gasteiger partial charge >= 0.3 is 0 Å². The van der Waals surface area contributed by atoms with Gasteiger partial charge in [-0.25, -0.2) is 4.98 Å². The number of rotatable bonds is 6. The van der Waals surface area contributed by atoms with Crippen molar-refractivity contribution in [2.24, 2.45) is 5.92 Å². The molecular formula is C21H30N2O4S. The number of aromatic nitrogens is 2. The third-order valence-electron chi connectivity index (χ3n) is 3.58. The lowest BCUT2D eigenvalue weighted by atomic mass is 10.1. The molecular weight excluding hydrogens is 376 g/mol. The van der Waals surface area contributed by atoms with Gasteiger partial charge in [0.15, 0.2) is 11.4 Å². The van der Waals surface area contributed by atoms with Crippen LogP contribution in [0.4, 0.5) is 0 Å². The van der Waals surface area contributed by atoms with Crippen LogP contribution in [0.5, 0.6) is 5.75 Å². The molecule has 0 bridgehead atoms. The largest absolute Gasteiger partial charge is 0.484 e. The van der Waals surface area contributed by atoms with Crippen LogP contribution in [0.3, 0.4) is 0 Å². The Hall–Kier alpha value is -2.54. The quantitative estimate of drug-likeness (QED) is 0.686. The van der Waals surface area contributed by atoms with Crippen molar-refractivity contribution in [3.8, 4) is 5.75 Å². The second kappa shape index (κ2) is 13.6. The van der Waals surface area contributed by atoms with E-state index in [-0.39, 0.29) is 12.0 Å². The number of hydrogen-bond donors (Lipinski definition) is 1. The number of hydrogen-bond acceptors (Lipinski definition) is 5. The Balaban J connectivity index is 0.00000133. The Labute approximate surface area is 171 Å². The highest BCUT2D eigenvalue weighted by atomic mass is 32.2. The fraction of sp³-hybridized carbons (Fsp3) is 0.381. The van der Waals surface area contributed by atoms with E-state index in [1.807, 2.05) is 19.9 Å². The first kappa shape index (κ1) is 25.5. The highest BCUT2D eigenvalue weighted by Gasteiger charge is 2.07. The summed E-state index contributed by atoms with van der Waals surface area (Å²) in [4.78, 5) is 25.7. The van der Waals surface area contributed by atoms with E-state index in [0.29, 0.717) is 29.5 Å². The van der Waals surface area contributed by atoms with Gasteiger partial charge in [-0.15, -0.1) is 0 Å². The van der Waals surface area contributed by atoms with Crippen molar-refractivity contribution in [2.75, 3.05) is 6.61 Å². The van der Waals surface area contributed by atoms with Crippen LogP contribution in [-0.2, 0) is 4.79 Å². The van der Waals surface area contributed by atoms with E-state index in [4.69, 9.17) is 14.6 Å². The van der Waals surface area contributed by atoms with Crippen LogP contribution in [0.1, 0.15) is 40.2 Å². The van der Waals surface area contributed by atoms with Crippen LogP contribution >= 0.6 is 11.8 Å². The molecule has 154 valence electrons. The van der Waals surface area contributed by atoms with Crippen LogP contribution < -0.4 is 10.3 Å². The number of aryl methyl sites for hydroxylation is 1. The van der Waals surface area contributed by atoms with E-state index in [0.717, 1.165) is 4.91 Å². The number of carbonyl (C=O) groups is 1. The Morgan fingerprint density at radius 1 is 1.43 bits per heavy atom. The lowest BCUT2D eigenvalue weighted by molar-refractivity contribution is -0.122. The molecule has 0 aliphatic carbocycles. The van der Waals surface area contributed by atoms with Gasteiger partial charge in [0.05, 0.1) is 0 Å². The minimum Gasteiger partial charge on any atom is -0.484 e. The average Bonchev–Trinajstić information content (AvgIpc) is 2.69. The fourth-order valence-electron chi connectivity index (χ4n) is 1.79. The number of thioether (sulfide) groups is 1. The summed E-state index contributed by atoms with van der Waals surface area (Å²) in [7, 11) is 0. The van der Waals surface area contributed by atoms with Gasteiger partial charge in [-0.2, -0.15) is 0 Å². The summed E-state index contributed by atoms with van der Waals surface area (Å²) in [6.07, 6.45) is 3.27. The molecule has 0 fully saturated rings. The molecule has 6 nitrogen and oxygen atoms in total. The SMILES string of the molecule is C=C(COc1cccn2c(=O)c(C)cnc12)S/C=C(\C)C(C)C.CC.O=CO. The van der Waals surface area contributed by atoms with Crippen molar-refractivity contribution in [3.63, 3.8) is 0 Å². The Morgan fingerprint density at radius 2 is 2.04 bits per heavy atom. The van der Waals surface area contributed by atoms with Crippen LogP contribution in [0.15, 0.2) is 51.8 Å². The minimum atomic E-state index is -0.250. The van der Waals surface area contributed by atoms with Crippen LogP contribution in [0, 0.1) is 12.8 Å². The molecule has 2 rings (SSSR count). The molecule has 2 aromatic heterocycles. The van der Waals surface area contributed by atoms with Gasteiger partial charge in [0.25, 0.3) is 12.0 Å². The van der Waals surface area contributed by atoms with E-state index < -0.39 is 0 Å². The van der Waals surface area contributed by atoms with E-state index >= 15 is 0 Å². The van der Waals surface area contributed by atoms with Crippen LogP contribution in [-0.4, -0.2) is 27.6 Å². The predicted molar refractivity (Wildman–Crippen MR) is 117 cm³/mol. The molecule has 0 atom stereocenters. The molecule has 0 unspecified atom stereocenters. The maximum Gasteiger partial charge on any atom is 0.290 e. The molecule has 2 heterocycles. The van der Waals surface area contributed by atoms with Crippen molar-refractivity contribution >= 4 is 23.9 Å². The predicted octanol–water partition coefficient (Wildman–Crippen LogP) is 4.92. The van der Waals surface area contributed by atoms with E-state index in [1.165, 1.54) is 9.97 Å². The molecule has 0 saturated heterocycles. The van der Waals surface area contributed by atoms with Gasteiger partial charge in [-0.1, -0.05) is 51.6 Å². The lowest BCUT2D eigenvalue weighted by Gasteiger charge is -2.10. The first-order chi connectivity index (χ1) is 13.3. The molecule has 2 aromatic rings. The summed E-state index contributed by atoms with van der Waals surface area (Å²) in [6.45, 7) is 16.3. The first-order valence-electron chi connectivity index (χ1n) is 9.00. The summed E-state index contributed by atoms with van der Waals surface area (Å²) in [5.41, 5.74) is 2.36. The molecule has 7 heteroatoms. The number of nitrogens with zero attached hydrogens (tertiary/aromatic N) is 2. The van der Waals surface area contributed by atoms with Crippen molar-refractivity contribution in [1.29, 1.82) is 0 Å². The van der Waals surface area contributed by atoms with Crippen LogP contribution in [0.25, 0.3) is 5.65 Å². The maximum absolute atomic E-state index is 12.1. The Kier molecular flexibility index (Phi) is 12.4. The molecule has 0 aliphatic heterocycles. The van der Waals surface area contributed by atoms with E-state index in [9.17, 15) is 4.79 Å².